The summed E-state index contributed by atoms with van der Waals surface area (Å²) in [6, 6.07) is 3.60. The first kappa shape index (κ1) is 13.2. The number of hydrogen-bond acceptors (Lipinski definition) is 4. The van der Waals surface area contributed by atoms with Crippen LogP contribution in [0.4, 0.5) is 5.69 Å². The van der Waals surface area contributed by atoms with Crippen LogP contribution in [0.15, 0.2) is 16.6 Å². The van der Waals surface area contributed by atoms with Gasteiger partial charge in [0.1, 0.15) is 22.6 Å². The molecule has 0 spiro atoms. The second kappa shape index (κ2) is 5.58. The molecule has 0 aromatic heterocycles. The van der Waals surface area contributed by atoms with Crippen molar-refractivity contribution in [3.63, 3.8) is 0 Å². The highest BCUT2D eigenvalue weighted by molar-refractivity contribution is 9.10. The molecule has 18 heavy (non-hydrogen) atoms. The zero-order chi connectivity index (χ0) is 13.1. The molecule has 2 rings (SSSR count). The van der Waals surface area contributed by atoms with Gasteiger partial charge >= 0.3 is 0 Å². The second-order valence-corrected chi connectivity index (χ2v) is 4.56. The lowest BCUT2D eigenvalue weighted by Gasteiger charge is -2.27. The molecular weight excluding hydrogens is 302 g/mol. The third-order valence-corrected chi connectivity index (χ3v) is 3.51. The Morgan fingerprint density at radius 2 is 1.89 bits per heavy atom. The van der Waals surface area contributed by atoms with Crippen LogP contribution in [0.3, 0.4) is 0 Å². The van der Waals surface area contributed by atoms with Gasteiger partial charge in [-0.25, -0.2) is 0 Å². The molecule has 0 atom stereocenters. The van der Waals surface area contributed by atoms with E-state index in [2.05, 4.69) is 15.9 Å². The van der Waals surface area contributed by atoms with E-state index in [1.165, 1.54) is 0 Å². The van der Waals surface area contributed by atoms with Gasteiger partial charge in [0.15, 0.2) is 0 Å². The van der Waals surface area contributed by atoms with Crippen molar-refractivity contribution in [1.29, 1.82) is 0 Å². The van der Waals surface area contributed by atoms with Crippen molar-refractivity contribution in [2.45, 2.75) is 0 Å². The molecule has 5 nitrogen and oxygen atoms in total. The van der Waals surface area contributed by atoms with E-state index in [9.17, 15) is 4.79 Å². The average Bonchev–Trinajstić information content (AvgIpc) is 2.40. The second-order valence-electron chi connectivity index (χ2n) is 3.76. The Kier molecular flexibility index (Phi) is 4.08. The maximum Gasteiger partial charge on any atom is 0.253 e. The summed E-state index contributed by atoms with van der Waals surface area (Å²) in [5.41, 5.74) is 0.750. The van der Waals surface area contributed by atoms with Crippen LogP contribution < -0.4 is 14.4 Å². The van der Waals surface area contributed by atoms with Gasteiger partial charge < -0.3 is 19.1 Å². The number of anilines is 1. The summed E-state index contributed by atoms with van der Waals surface area (Å²) in [4.78, 5) is 13.5. The van der Waals surface area contributed by atoms with Gasteiger partial charge in [-0.2, -0.15) is 0 Å². The first-order chi connectivity index (χ1) is 8.67. The highest BCUT2D eigenvalue weighted by Gasteiger charge is 2.22. The monoisotopic (exact) mass is 315 g/mol. The van der Waals surface area contributed by atoms with E-state index >= 15 is 0 Å². The highest BCUT2D eigenvalue weighted by Crippen LogP contribution is 2.38. The van der Waals surface area contributed by atoms with Gasteiger partial charge in [0.2, 0.25) is 0 Å². The van der Waals surface area contributed by atoms with Crippen LogP contribution in [0.25, 0.3) is 0 Å². The van der Waals surface area contributed by atoms with Crippen molar-refractivity contribution in [1.82, 2.24) is 0 Å². The van der Waals surface area contributed by atoms with Crippen molar-refractivity contribution in [2.75, 3.05) is 38.9 Å². The maximum atomic E-state index is 11.8. The molecule has 1 saturated heterocycles. The number of carbonyl (C=O) groups excluding carboxylic acids is 1. The summed E-state index contributed by atoms with van der Waals surface area (Å²) < 4.78 is 16.4. The van der Waals surface area contributed by atoms with Gasteiger partial charge in [-0.3, -0.25) is 4.79 Å². The van der Waals surface area contributed by atoms with Crippen LogP contribution in [0, 0.1) is 0 Å². The van der Waals surface area contributed by atoms with Gasteiger partial charge in [-0.1, -0.05) is 0 Å². The molecule has 1 aromatic carbocycles. The SMILES string of the molecule is COc1cc(N2CCOCC2=O)cc(OC)c1Br. The average molecular weight is 316 g/mol. The summed E-state index contributed by atoms with van der Waals surface area (Å²) in [6.07, 6.45) is 0. The molecule has 0 bridgehead atoms. The summed E-state index contributed by atoms with van der Waals surface area (Å²) >= 11 is 3.40. The Morgan fingerprint density at radius 3 is 2.39 bits per heavy atom. The largest absolute Gasteiger partial charge is 0.495 e. The van der Waals surface area contributed by atoms with Crippen LogP contribution in [0.1, 0.15) is 0 Å². The standard InChI is InChI=1S/C12H14BrNO4/c1-16-9-5-8(6-10(17-2)12(9)13)14-3-4-18-7-11(14)15/h5-6H,3-4,7H2,1-2H3. The highest BCUT2D eigenvalue weighted by atomic mass is 79.9. The molecule has 0 saturated carbocycles. The molecule has 1 heterocycles. The van der Waals surface area contributed by atoms with Gasteiger partial charge in [0.25, 0.3) is 5.91 Å². The molecule has 0 unspecified atom stereocenters. The lowest BCUT2D eigenvalue weighted by atomic mass is 10.2. The van der Waals surface area contributed by atoms with Crippen LogP contribution in [0.5, 0.6) is 11.5 Å². The number of benzene rings is 1. The van der Waals surface area contributed by atoms with E-state index in [0.717, 1.165) is 10.2 Å². The van der Waals surface area contributed by atoms with Gasteiger partial charge in [-0.15, -0.1) is 0 Å². The van der Waals surface area contributed by atoms with Crippen molar-refractivity contribution < 1.29 is 19.0 Å². The molecule has 1 aliphatic rings. The summed E-state index contributed by atoms with van der Waals surface area (Å²) in [5.74, 6) is 1.19. The first-order valence-electron chi connectivity index (χ1n) is 5.47. The van der Waals surface area contributed by atoms with Crippen LogP contribution in [-0.2, 0) is 9.53 Å². The third-order valence-electron chi connectivity index (χ3n) is 2.73. The molecule has 1 aromatic rings. The Bertz CT molecular complexity index is 438. The Labute approximate surface area is 114 Å². The van der Waals surface area contributed by atoms with Gasteiger partial charge in [0.05, 0.1) is 26.5 Å². The van der Waals surface area contributed by atoms with E-state index < -0.39 is 0 Å². The fraction of sp³-hybridized carbons (Fsp3) is 0.417. The zero-order valence-corrected chi connectivity index (χ0v) is 11.8. The van der Waals surface area contributed by atoms with Crippen LogP contribution in [-0.4, -0.2) is 39.9 Å². The molecule has 1 amide bonds. The summed E-state index contributed by atoms with van der Waals surface area (Å²) in [5, 5.41) is 0. The Balaban J connectivity index is 2.40. The van der Waals surface area contributed by atoms with Crippen LogP contribution in [0.2, 0.25) is 0 Å². The molecule has 98 valence electrons. The predicted octanol–water partition coefficient (Wildman–Crippen LogP) is 1.83. The number of morpholine rings is 1. The fourth-order valence-electron chi connectivity index (χ4n) is 1.80. The summed E-state index contributed by atoms with van der Waals surface area (Å²) in [7, 11) is 3.15. The predicted molar refractivity (Wildman–Crippen MR) is 70.4 cm³/mol. The lowest BCUT2D eigenvalue weighted by molar-refractivity contribution is -0.125. The van der Waals surface area contributed by atoms with E-state index in [1.807, 2.05) is 0 Å². The lowest BCUT2D eigenvalue weighted by Crippen LogP contribution is -2.41. The first-order valence-corrected chi connectivity index (χ1v) is 6.26. The molecule has 1 aliphatic heterocycles. The van der Waals surface area contributed by atoms with Crippen molar-refractivity contribution in [3.8, 4) is 11.5 Å². The number of nitrogens with zero attached hydrogens (tertiary/aromatic N) is 1. The number of methoxy groups -OCH3 is 2. The molecule has 0 N–H and O–H groups in total. The number of rotatable bonds is 3. The maximum absolute atomic E-state index is 11.8. The number of ether oxygens (including phenoxy) is 3. The van der Waals surface area contributed by atoms with Crippen LogP contribution >= 0.6 is 15.9 Å². The topological polar surface area (TPSA) is 48.0 Å². The van der Waals surface area contributed by atoms with E-state index in [-0.39, 0.29) is 12.5 Å². The van der Waals surface area contributed by atoms with E-state index in [0.29, 0.717) is 24.7 Å². The number of carbonyl (C=O) groups is 1. The fourth-order valence-corrected chi connectivity index (χ4v) is 2.36. The number of amides is 1. The minimum Gasteiger partial charge on any atom is -0.495 e. The molecule has 0 aliphatic carbocycles. The normalized spacial score (nSPS) is 15.7. The third kappa shape index (κ3) is 2.44. The van der Waals surface area contributed by atoms with Crippen molar-refractivity contribution >= 4 is 27.5 Å². The minimum absolute atomic E-state index is 0.0623. The van der Waals surface area contributed by atoms with Crippen molar-refractivity contribution in [3.05, 3.63) is 16.6 Å². The molecule has 0 radical (unpaired) electrons. The Morgan fingerprint density at radius 1 is 1.28 bits per heavy atom. The van der Waals surface area contributed by atoms with Gasteiger partial charge in [-0.05, 0) is 15.9 Å². The zero-order valence-electron chi connectivity index (χ0n) is 10.2. The Hall–Kier alpha value is -1.27. The molecular formula is C12H14BrNO4. The smallest absolute Gasteiger partial charge is 0.253 e. The van der Waals surface area contributed by atoms with Crippen molar-refractivity contribution in [2.24, 2.45) is 0 Å². The number of hydrogen-bond donors (Lipinski definition) is 0. The quantitative estimate of drug-likeness (QED) is 0.854. The number of halogens is 1. The molecule has 1 fully saturated rings. The van der Waals surface area contributed by atoms with E-state index in [4.69, 9.17) is 14.2 Å². The summed E-state index contributed by atoms with van der Waals surface area (Å²) in [6.45, 7) is 1.18. The van der Waals surface area contributed by atoms with Gasteiger partial charge in [0, 0.05) is 18.7 Å². The minimum atomic E-state index is -0.0623. The molecule has 6 heteroatoms. The van der Waals surface area contributed by atoms with E-state index in [1.54, 1.807) is 31.3 Å².